The molecule has 20 heavy (non-hydrogen) atoms. The molecule has 0 bridgehead atoms. The summed E-state index contributed by atoms with van der Waals surface area (Å²) in [5.41, 5.74) is 2.83. The van der Waals surface area contributed by atoms with E-state index in [9.17, 15) is 13.2 Å². The Hall–Kier alpha value is -1.11. The summed E-state index contributed by atoms with van der Waals surface area (Å²) in [7, 11) is 0. The second-order valence-corrected chi connectivity index (χ2v) is 5.03. The van der Waals surface area contributed by atoms with Gasteiger partial charge in [-0.1, -0.05) is 19.1 Å². The molecule has 1 fully saturated rings. The Morgan fingerprint density at radius 1 is 1.35 bits per heavy atom. The van der Waals surface area contributed by atoms with Gasteiger partial charge in [-0.25, -0.2) is 0 Å². The minimum Gasteiger partial charge on any atom is -0.378 e. The van der Waals surface area contributed by atoms with Gasteiger partial charge in [0.25, 0.3) is 0 Å². The third-order valence-electron chi connectivity index (χ3n) is 3.87. The molecule has 1 aliphatic heterocycles. The Labute approximate surface area is 116 Å². The van der Waals surface area contributed by atoms with Crippen LogP contribution >= 0.6 is 0 Å². The maximum Gasteiger partial charge on any atom is 0.416 e. The van der Waals surface area contributed by atoms with Crippen LogP contribution in [0.25, 0.3) is 0 Å². The summed E-state index contributed by atoms with van der Waals surface area (Å²) in [6.45, 7) is 2.70. The van der Waals surface area contributed by atoms with E-state index in [0.29, 0.717) is 6.61 Å². The first-order valence-corrected chi connectivity index (χ1v) is 6.72. The normalized spacial score (nSPS) is 24.9. The summed E-state index contributed by atoms with van der Waals surface area (Å²) in [5.74, 6) is 5.78. The molecule has 6 heteroatoms. The summed E-state index contributed by atoms with van der Waals surface area (Å²) >= 11 is 0. The van der Waals surface area contributed by atoms with Gasteiger partial charge in [0.2, 0.25) is 0 Å². The summed E-state index contributed by atoms with van der Waals surface area (Å²) in [4.78, 5) is 0. The first kappa shape index (κ1) is 15.3. The fourth-order valence-electron chi connectivity index (χ4n) is 2.81. The molecule has 0 saturated carbocycles. The van der Waals surface area contributed by atoms with E-state index in [2.05, 4.69) is 5.43 Å². The highest BCUT2D eigenvalue weighted by atomic mass is 19.4. The second kappa shape index (κ2) is 6.11. The minimum absolute atomic E-state index is 0.0957. The maximum atomic E-state index is 12.6. The Balaban J connectivity index is 2.19. The lowest BCUT2D eigenvalue weighted by Gasteiger charge is -2.27. The van der Waals surface area contributed by atoms with Crippen molar-refractivity contribution in [1.29, 1.82) is 0 Å². The van der Waals surface area contributed by atoms with Crippen molar-refractivity contribution in [2.24, 2.45) is 11.8 Å². The van der Waals surface area contributed by atoms with E-state index < -0.39 is 11.7 Å². The largest absolute Gasteiger partial charge is 0.416 e. The number of nitrogens with two attached hydrogens (primary N) is 1. The zero-order chi connectivity index (χ0) is 14.8. The number of nitrogens with one attached hydrogen (secondary N) is 1. The summed E-state index contributed by atoms with van der Waals surface area (Å²) in [6.07, 6.45) is -2.50. The van der Waals surface area contributed by atoms with Gasteiger partial charge in [-0.2, -0.15) is 13.2 Å². The number of hydrogen-bond acceptors (Lipinski definition) is 3. The van der Waals surface area contributed by atoms with Crippen LogP contribution in [-0.2, 0) is 10.9 Å². The van der Waals surface area contributed by atoms with E-state index in [1.807, 2.05) is 6.92 Å². The van der Waals surface area contributed by atoms with Gasteiger partial charge in [-0.15, -0.1) is 0 Å². The first-order valence-electron chi connectivity index (χ1n) is 6.72. The fraction of sp³-hybridized carbons (Fsp3) is 0.571. The predicted octanol–water partition coefficient (Wildman–Crippen LogP) is 3.02. The van der Waals surface area contributed by atoms with Crippen LogP contribution in [0.3, 0.4) is 0 Å². The molecule has 0 aromatic heterocycles. The highest BCUT2D eigenvalue weighted by molar-refractivity contribution is 5.27. The Kier molecular flexibility index (Phi) is 4.67. The summed E-state index contributed by atoms with van der Waals surface area (Å²) < 4.78 is 43.3. The molecule has 0 aliphatic carbocycles. The summed E-state index contributed by atoms with van der Waals surface area (Å²) in [5, 5.41) is 0. The molecule has 112 valence electrons. The lowest BCUT2D eigenvalue weighted by molar-refractivity contribution is -0.137. The van der Waals surface area contributed by atoms with E-state index in [1.54, 1.807) is 0 Å². The molecule has 2 rings (SSSR count). The van der Waals surface area contributed by atoms with Crippen molar-refractivity contribution < 1.29 is 17.9 Å². The number of alkyl halides is 3. The van der Waals surface area contributed by atoms with Crippen molar-refractivity contribution in [3.8, 4) is 0 Å². The zero-order valence-corrected chi connectivity index (χ0v) is 11.3. The van der Waals surface area contributed by atoms with Crippen LogP contribution < -0.4 is 11.3 Å². The van der Waals surface area contributed by atoms with Gasteiger partial charge in [0.15, 0.2) is 0 Å². The van der Waals surface area contributed by atoms with Gasteiger partial charge in [0.1, 0.15) is 0 Å². The number of hydrogen-bond donors (Lipinski definition) is 2. The van der Waals surface area contributed by atoms with E-state index in [1.165, 1.54) is 12.1 Å². The van der Waals surface area contributed by atoms with Gasteiger partial charge in [-0.3, -0.25) is 11.3 Å². The molecule has 1 saturated heterocycles. The van der Waals surface area contributed by atoms with Crippen molar-refractivity contribution in [3.05, 3.63) is 35.4 Å². The average molecular weight is 288 g/mol. The van der Waals surface area contributed by atoms with Gasteiger partial charge in [0, 0.05) is 12.5 Å². The van der Waals surface area contributed by atoms with E-state index >= 15 is 0 Å². The quantitative estimate of drug-likeness (QED) is 0.661. The minimum atomic E-state index is -4.31. The molecule has 3 N–H and O–H groups in total. The number of benzene rings is 1. The molecule has 0 radical (unpaired) electrons. The standard InChI is InChI=1S/C14H19F3N2O/c1-2-12-11(7-8-20-12)13(19-18)9-3-5-10(6-4-9)14(15,16)17/h3-6,11-13,19H,2,7-8,18H2,1H3. The predicted molar refractivity (Wildman–Crippen MR) is 69.6 cm³/mol. The fourth-order valence-corrected chi connectivity index (χ4v) is 2.81. The molecule has 1 aromatic rings. The van der Waals surface area contributed by atoms with E-state index in [0.717, 1.165) is 30.5 Å². The van der Waals surface area contributed by atoms with Crippen LogP contribution in [0.5, 0.6) is 0 Å². The highest BCUT2D eigenvalue weighted by Gasteiger charge is 2.35. The monoisotopic (exact) mass is 288 g/mol. The number of hydrazine groups is 1. The van der Waals surface area contributed by atoms with Crippen molar-refractivity contribution in [2.45, 2.75) is 38.1 Å². The van der Waals surface area contributed by atoms with Crippen LogP contribution in [0.2, 0.25) is 0 Å². The van der Waals surface area contributed by atoms with Gasteiger partial charge < -0.3 is 4.74 Å². The molecular formula is C14H19F3N2O. The molecule has 1 heterocycles. The Morgan fingerprint density at radius 3 is 2.50 bits per heavy atom. The lowest BCUT2D eigenvalue weighted by Crippen LogP contribution is -2.36. The Morgan fingerprint density at radius 2 is 2.00 bits per heavy atom. The average Bonchev–Trinajstić information content (AvgIpc) is 2.87. The highest BCUT2D eigenvalue weighted by Crippen LogP contribution is 2.36. The number of halogens is 3. The molecule has 3 nitrogen and oxygen atoms in total. The van der Waals surface area contributed by atoms with Crippen LogP contribution in [0.1, 0.15) is 36.9 Å². The maximum absolute atomic E-state index is 12.6. The second-order valence-electron chi connectivity index (χ2n) is 5.03. The molecule has 1 aromatic carbocycles. The van der Waals surface area contributed by atoms with Crippen molar-refractivity contribution in [2.75, 3.05) is 6.61 Å². The Bertz CT molecular complexity index is 433. The van der Waals surface area contributed by atoms with E-state index in [-0.39, 0.29) is 18.1 Å². The van der Waals surface area contributed by atoms with Crippen LogP contribution in [0.4, 0.5) is 13.2 Å². The van der Waals surface area contributed by atoms with Crippen molar-refractivity contribution in [1.82, 2.24) is 5.43 Å². The van der Waals surface area contributed by atoms with Crippen LogP contribution in [0.15, 0.2) is 24.3 Å². The molecule has 3 atom stereocenters. The molecule has 1 aliphatic rings. The first-order chi connectivity index (χ1) is 9.47. The third kappa shape index (κ3) is 3.13. The van der Waals surface area contributed by atoms with Gasteiger partial charge >= 0.3 is 6.18 Å². The van der Waals surface area contributed by atoms with Gasteiger partial charge in [0.05, 0.1) is 17.7 Å². The number of ether oxygens (including phenoxy) is 1. The molecule has 0 amide bonds. The van der Waals surface area contributed by atoms with Crippen LogP contribution in [-0.4, -0.2) is 12.7 Å². The smallest absolute Gasteiger partial charge is 0.378 e. The van der Waals surface area contributed by atoms with Crippen molar-refractivity contribution >= 4 is 0 Å². The van der Waals surface area contributed by atoms with E-state index in [4.69, 9.17) is 10.6 Å². The zero-order valence-electron chi connectivity index (χ0n) is 11.3. The van der Waals surface area contributed by atoms with Crippen LogP contribution in [0, 0.1) is 5.92 Å². The molecule has 0 spiro atoms. The lowest BCUT2D eigenvalue weighted by atomic mass is 9.87. The topological polar surface area (TPSA) is 47.3 Å². The molecular weight excluding hydrogens is 269 g/mol. The third-order valence-corrected chi connectivity index (χ3v) is 3.87. The molecule has 3 unspecified atom stereocenters. The van der Waals surface area contributed by atoms with Gasteiger partial charge in [-0.05, 0) is 30.5 Å². The summed E-state index contributed by atoms with van der Waals surface area (Å²) in [6, 6.07) is 4.97. The SMILES string of the molecule is CCC1OCCC1C(NN)c1ccc(C(F)(F)F)cc1. The number of rotatable bonds is 4. The van der Waals surface area contributed by atoms with Crippen molar-refractivity contribution in [3.63, 3.8) is 0 Å².